The first-order chi connectivity index (χ1) is 9.72. The zero-order valence-corrected chi connectivity index (χ0v) is 11.8. The molecule has 0 spiro atoms. The van der Waals surface area contributed by atoms with Crippen molar-refractivity contribution < 1.29 is 4.42 Å². The summed E-state index contributed by atoms with van der Waals surface area (Å²) in [5.74, 6) is 0.513. The third-order valence-corrected chi connectivity index (χ3v) is 3.81. The van der Waals surface area contributed by atoms with Crippen molar-refractivity contribution in [2.75, 3.05) is 0 Å². The van der Waals surface area contributed by atoms with Gasteiger partial charge in [0.05, 0.1) is 0 Å². The fraction of sp³-hybridized carbons (Fsp3) is 0. The van der Waals surface area contributed by atoms with Gasteiger partial charge in [-0.3, -0.25) is 4.79 Å². The van der Waals surface area contributed by atoms with Crippen LogP contribution in [-0.4, -0.2) is 4.98 Å². The lowest BCUT2D eigenvalue weighted by atomic mass is 10.1. The standard InChI is InChI=1S/C16H8BrNO2/c17-9-5-6-12-14(7-9)20-15-8-13(19)10-3-1-2-4-11(10)16(15)18-12/h1-8H. The van der Waals surface area contributed by atoms with Gasteiger partial charge < -0.3 is 4.42 Å². The predicted molar refractivity (Wildman–Crippen MR) is 82.1 cm³/mol. The quantitative estimate of drug-likeness (QED) is 0.359. The molecule has 1 aliphatic heterocycles. The van der Waals surface area contributed by atoms with Crippen molar-refractivity contribution >= 4 is 37.8 Å². The molecule has 1 aliphatic carbocycles. The first-order valence-electron chi connectivity index (χ1n) is 6.14. The van der Waals surface area contributed by atoms with Crippen LogP contribution >= 0.6 is 15.9 Å². The number of rotatable bonds is 0. The van der Waals surface area contributed by atoms with E-state index in [1.165, 1.54) is 6.07 Å². The van der Waals surface area contributed by atoms with Crippen LogP contribution in [-0.2, 0) is 0 Å². The molecule has 96 valence electrons. The van der Waals surface area contributed by atoms with Gasteiger partial charge in [-0.2, -0.15) is 0 Å². The molecule has 0 N–H and O–H groups in total. The van der Waals surface area contributed by atoms with Crippen molar-refractivity contribution in [1.29, 1.82) is 0 Å². The molecule has 0 unspecified atom stereocenters. The summed E-state index contributed by atoms with van der Waals surface area (Å²) >= 11 is 3.40. The lowest BCUT2D eigenvalue weighted by molar-refractivity contribution is 0.613. The Labute approximate surface area is 122 Å². The lowest BCUT2D eigenvalue weighted by Gasteiger charge is -2.09. The Kier molecular flexibility index (Phi) is 2.41. The number of benzene rings is 3. The molecule has 0 saturated heterocycles. The van der Waals surface area contributed by atoms with E-state index in [0.29, 0.717) is 16.7 Å². The Bertz CT molecular complexity index is 990. The Morgan fingerprint density at radius 1 is 1.00 bits per heavy atom. The molecule has 3 nitrogen and oxygen atoms in total. The maximum atomic E-state index is 12.1. The van der Waals surface area contributed by atoms with Gasteiger partial charge in [-0.15, -0.1) is 0 Å². The first-order valence-corrected chi connectivity index (χ1v) is 6.93. The van der Waals surface area contributed by atoms with Crippen LogP contribution in [0.25, 0.3) is 33.3 Å². The number of hydrogen-bond donors (Lipinski definition) is 0. The van der Waals surface area contributed by atoms with Gasteiger partial charge in [0.15, 0.2) is 16.8 Å². The van der Waals surface area contributed by atoms with E-state index in [1.54, 1.807) is 0 Å². The molecule has 4 rings (SSSR count). The number of halogens is 1. The molecule has 1 heterocycles. The minimum Gasteiger partial charge on any atom is -0.453 e. The predicted octanol–water partition coefficient (Wildman–Crippen LogP) is 4.21. The van der Waals surface area contributed by atoms with Gasteiger partial charge in [0.1, 0.15) is 11.2 Å². The van der Waals surface area contributed by atoms with Crippen LogP contribution in [0, 0.1) is 0 Å². The summed E-state index contributed by atoms with van der Waals surface area (Å²) in [5, 5.41) is 1.49. The highest BCUT2D eigenvalue weighted by molar-refractivity contribution is 9.10. The van der Waals surface area contributed by atoms with E-state index in [2.05, 4.69) is 20.9 Å². The smallest absolute Gasteiger partial charge is 0.190 e. The summed E-state index contributed by atoms with van der Waals surface area (Å²) in [6.45, 7) is 0. The zero-order chi connectivity index (χ0) is 13.7. The van der Waals surface area contributed by atoms with Gasteiger partial charge >= 0.3 is 0 Å². The molecule has 0 radical (unpaired) electrons. The second-order valence-corrected chi connectivity index (χ2v) is 5.51. The number of fused-ring (bicyclic) bond motifs is 4. The van der Waals surface area contributed by atoms with E-state index < -0.39 is 0 Å². The van der Waals surface area contributed by atoms with Crippen molar-refractivity contribution in [3.8, 4) is 11.5 Å². The third-order valence-electron chi connectivity index (χ3n) is 3.32. The summed E-state index contributed by atoms with van der Waals surface area (Å²) < 4.78 is 6.74. The average Bonchev–Trinajstić information content (AvgIpc) is 2.46. The van der Waals surface area contributed by atoms with Gasteiger partial charge in [0.25, 0.3) is 0 Å². The van der Waals surface area contributed by atoms with Gasteiger partial charge in [0, 0.05) is 21.3 Å². The third kappa shape index (κ3) is 1.65. The van der Waals surface area contributed by atoms with E-state index in [-0.39, 0.29) is 5.43 Å². The van der Waals surface area contributed by atoms with Gasteiger partial charge in [0.2, 0.25) is 0 Å². The lowest BCUT2D eigenvalue weighted by Crippen LogP contribution is -2.03. The Balaban J connectivity index is 2.25. The summed E-state index contributed by atoms with van der Waals surface area (Å²) in [4.78, 5) is 16.7. The number of nitrogens with zero attached hydrogens (tertiary/aromatic N) is 1. The van der Waals surface area contributed by atoms with Crippen LogP contribution in [0.2, 0.25) is 0 Å². The Hall–Kier alpha value is -2.20. The van der Waals surface area contributed by atoms with Crippen molar-refractivity contribution in [3.05, 3.63) is 63.2 Å². The van der Waals surface area contributed by atoms with Crippen LogP contribution in [0.15, 0.2) is 62.2 Å². The summed E-state index contributed by atoms with van der Waals surface area (Å²) in [7, 11) is 0. The van der Waals surface area contributed by atoms with Crippen molar-refractivity contribution in [2.45, 2.75) is 0 Å². The molecule has 0 fully saturated rings. The minimum atomic E-state index is -0.0482. The maximum Gasteiger partial charge on any atom is 0.190 e. The van der Waals surface area contributed by atoms with E-state index in [9.17, 15) is 4.79 Å². The molecule has 0 saturated carbocycles. The SMILES string of the molecule is O=c1cc2oc3cc(Br)ccc3nc-2c2ccccc12. The van der Waals surface area contributed by atoms with Crippen LogP contribution < -0.4 is 5.43 Å². The monoisotopic (exact) mass is 325 g/mol. The van der Waals surface area contributed by atoms with E-state index in [4.69, 9.17) is 4.42 Å². The molecule has 20 heavy (non-hydrogen) atoms. The van der Waals surface area contributed by atoms with E-state index >= 15 is 0 Å². The molecule has 2 aromatic rings. The first kappa shape index (κ1) is 11.6. The van der Waals surface area contributed by atoms with Gasteiger partial charge in [-0.05, 0) is 18.2 Å². The highest BCUT2D eigenvalue weighted by atomic mass is 79.9. The zero-order valence-electron chi connectivity index (χ0n) is 10.3. The van der Waals surface area contributed by atoms with E-state index in [1.807, 2.05) is 42.5 Å². The highest BCUT2D eigenvalue weighted by Gasteiger charge is 2.15. The molecule has 4 heteroatoms. The van der Waals surface area contributed by atoms with E-state index in [0.717, 1.165) is 21.1 Å². The second-order valence-electron chi connectivity index (χ2n) is 4.59. The molecule has 0 bridgehead atoms. The molecular weight excluding hydrogens is 318 g/mol. The molecular formula is C16H8BrNO2. The van der Waals surface area contributed by atoms with Crippen molar-refractivity contribution in [1.82, 2.24) is 4.98 Å². The fourth-order valence-corrected chi connectivity index (χ4v) is 2.74. The van der Waals surface area contributed by atoms with Crippen LogP contribution in [0.1, 0.15) is 0 Å². The Morgan fingerprint density at radius 2 is 1.80 bits per heavy atom. The fourth-order valence-electron chi connectivity index (χ4n) is 2.40. The molecule has 0 atom stereocenters. The number of aromatic nitrogens is 1. The Morgan fingerprint density at radius 3 is 2.65 bits per heavy atom. The highest BCUT2D eigenvalue weighted by Crippen LogP contribution is 2.30. The molecule has 0 aromatic heterocycles. The van der Waals surface area contributed by atoms with Crippen molar-refractivity contribution in [2.24, 2.45) is 0 Å². The van der Waals surface area contributed by atoms with Gasteiger partial charge in [-0.1, -0.05) is 40.2 Å². The minimum absolute atomic E-state index is 0.0482. The van der Waals surface area contributed by atoms with Gasteiger partial charge in [-0.25, -0.2) is 4.98 Å². The summed E-state index contributed by atoms with van der Waals surface area (Å²) in [5.41, 5.74) is 2.09. The average molecular weight is 326 g/mol. The second kappa shape index (κ2) is 4.15. The molecule has 0 amide bonds. The maximum absolute atomic E-state index is 12.1. The summed E-state index contributed by atoms with van der Waals surface area (Å²) in [6.07, 6.45) is 0. The van der Waals surface area contributed by atoms with Crippen molar-refractivity contribution in [3.63, 3.8) is 0 Å². The van der Waals surface area contributed by atoms with Crippen LogP contribution in [0.4, 0.5) is 0 Å². The molecule has 2 aliphatic rings. The largest absolute Gasteiger partial charge is 0.453 e. The molecule has 2 aromatic carbocycles. The van der Waals surface area contributed by atoms with Crippen LogP contribution in [0.5, 0.6) is 0 Å². The number of hydrogen-bond acceptors (Lipinski definition) is 3. The summed E-state index contributed by atoms with van der Waals surface area (Å²) in [6, 6.07) is 14.6. The topological polar surface area (TPSA) is 43.1 Å². The van der Waals surface area contributed by atoms with Crippen LogP contribution in [0.3, 0.4) is 0 Å². The normalized spacial score (nSPS) is 11.4.